The lowest BCUT2D eigenvalue weighted by Crippen LogP contribution is -2.38. The van der Waals surface area contributed by atoms with Gasteiger partial charge in [-0.05, 0) is 43.2 Å². The number of carbonyl (C=O) groups excluding carboxylic acids is 1. The van der Waals surface area contributed by atoms with Crippen LogP contribution in [0.3, 0.4) is 0 Å². The van der Waals surface area contributed by atoms with E-state index in [1.54, 1.807) is 15.6 Å². The Labute approximate surface area is 152 Å². The number of rotatable bonds is 4. The van der Waals surface area contributed by atoms with Crippen LogP contribution in [0.15, 0.2) is 30.3 Å². The maximum atomic E-state index is 12.8. The zero-order valence-corrected chi connectivity index (χ0v) is 14.7. The highest BCUT2D eigenvalue weighted by Crippen LogP contribution is 2.23. The van der Waals surface area contributed by atoms with Crippen molar-refractivity contribution in [1.82, 2.24) is 14.7 Å². The highest BCUT2D eigenvalue weighted by atomic mass is 16.3. The molecule has 26 heavy (non-hydrogen) atoms. The maximum Gasteiger partial charge on any atom is 0.254 e. The first-order valence-corrected chi connectivity index (χ1v) is 9.15. The van der Waals surface area contributed by atoms with E-state index in [0.29, 0.717) is 30.9 Å². The van der Waals surface area contributed by atoms with E-state index >= 15 is 0 Å². The molecule has 0 saturated carbocycles. The fraction of sp³-hybridized carbons (Fsp3) is 0.474. The summed E-state index contributed by atoms with van der Waals surface area (Å²) in [6, 6.07) is 9.63. The van der Waals surface area contributed by atoms with Gasteiger partial charge in [-0.2, -0.15) is 5.10 Å². The molecule has 1 amide bonds. The van der Waals surface area contributed by atoms with Gasteiger partial charge in [0, 0.05) is 30.9 Å². The lowest BCUT2D eigenvalue weighted by atomic mass is 10.1. The van der Waals surface area contributed by atoms with E-state index in [4.69, 9.17) is 5.11 Å². The van der Waals surface area contributed by atoms with Crippen molar-refractivity contribution in [3.63, 3.8) is 0 Å². The predicted octanol–water partition coefficient (Wildman–Crippen LogP) is 1.16. The zero-order valence-electron chi connectivity index (χ0n) is 14.7. The minimum absolute atomic E-state index is 0.00896. The molecule has 4 rings (SSSR count). The second-order valence-corrected chi connectivity index (χ2v) is 6.95. The molecule has 1 aromatic carbocycles. The Kier molecular flexibility index (Phi) is 4.65. The van der Waals surface area contributed by atoms with Gasteiger partial charge in [0.25, 0.3) is 5.91 Å². The number of benzene rings is 1. The molecule has 1 fully saturated rings. The summed E-state index contributed by atoms with van der Waals surface area (Å²) in [5.41, 5.74) is 3.20. The molecule has 2 aliphatic heterocycles. The van der Waals surface area contributed by atoms with E-state index in [0.717, 1.165) is 18.8 Å². The van der Waals surface area contributed by atoms with Crippen molar-refractivity contribution >= 4 is 11.6 Å². The number of nitrogens with zero attached hydrogens (tertiary/aromatic N) is 4. The van der Waals surface area contributed by atoms with Crippen molar-refractivity contribution in [3.8, 4) is 0 Å². The molecule has 2 N–H and O–H groups in total. The summed E-state index contributed by atoms with van der Waals surface area (Å²) in [6.45, 7) is 3.44. The first kappa shape index (κ1) is 17.1. The Balaban J connectivity index is 1.46. The largest absolute Gasteiger partial charge is 0.393 e. The van der Waals surface area contributed by atoms with Crippen molar-refractivity contribution < 1.29 is 15.0 Å². The van der Waals surface area contributed by atoms with Gasteiger partial charge < -0.3 is 20.0 Å². The third-order valence-electron chi connectivity index (χ3n) is 5.20. The van der Waals surface area contributed by atoms with Crippen LogP contribution in [0.4, 0.5) is 5.69 Å². The second-order valence-electron chi connectivity index (χ2n) is 6.95. The quantitative estimate of drug-likeness (QED) is 0.859. The van der Waals surface area contributed by atoms with E-state index in [-0.39, 0.29) is 12.5 Å². The van der Waals surface area contributed by atoms with Crippen LogP contribution in [0.2, 0.25) is 0 Å². The van der Waals surface area contributed by atoms with Crippen molar-refractivity contribution in [2.24, 2.45) is 0 Å². The minimum Gasteiger partial charge on any atom is -0.393 e. The number of anilines is 1. The van der Waals surface area contributed by atoms with Crippen LogP contribution in [0.25, 0.3) is 0 Å². The highest BCUT2D eigenvalue weighted by molar-refractivity contribution is 5.94. The van der Waals surface area contributed by atoms with Crippen LogP contribution in [-0.2, 0) is 13.1 Å². The number of amides is 1. The number of fused-ring (bicyclic) bond motifs is 1. The minimum atomic E-state index is -0.976. The number of aliphatic hydroxyl groups is 2. The molecule has 0 unspecified atom stereocenters. The molecule has 0 radical (unpaired) electrons. The van der Waals surface area contributed by atoms with E-state index in [2.05, 4.69) is 10.00 Å². The van der Waals surface area contributed by atoms with Gasteiger partial charge in [0.05, 0.1) is 31.1 Å². The summed E-state index contributed by atoms with van der Waals surface area (Å²) in [7, 11) is 0. The summed E-state index contributed by atoms with van der Waals surface area (Å²) in [6.07, 6.45) is 1.49. The van der Waals surface area contributed by atoms with Gasteiger partial charge in [-0.25, -0.2) is 0 Å². The number of aromatic nitrogens is 2. The van der Waals surface area contributed by atoms with E-state index in [1.165, 1.54) is 18.5 Å². The topological polar surface area (TPSA) is 81.8 Å². The van der Waals surface area contributed by atoms with Crippen LogP contribution in [-0.4, -0.2) is 57.0 Å². The van der Waals surface area contributed by atoms with Crippen LogP contribution in [0.5, 0.6) is 0 Å². The molecule has 7 nitrogen and oxygen atoms in total. The summed E-state index contributed by atoms with van der Waals surface area (Å²) in [4.78, 5) is 17.0. The number of carbonyl (C=O) groups is 1. The summed E-state index contributed by atoms with van der Waals surface area (Å²) < 4.78 is 1.80. The predicted molar refractivity (Wildman–Crippen MR) is 96.9 cm³/mol. The third-order valence-corrected chi connectivity index (χ3v) is 5.20. The molecule has 0 spiro atoms. The summed E-state index contributed by atoms with van der Waals surface area (Å²) in [5.74, 6) is 0.00896. The molecule has 1 aromatic heterocycles. The van der Waals surface area contributed by atoms with Crippen molar-refractivity contribution in [2.75, 3.05) is 31.1 Å². The fourth-order valence-electron chi connectivity index (χ4n) is 3.69. The normalized spacial score (nSPS) is 18.1. The molecule has 2 aliphatic rings. The number of aliphatic hydroxyl groups excluding tert-OH is 2. The molecule has 0 aliphatic carbocycles. The van der Waals surface area contributed by atoms with Gasteiger partial charge in [0.1, 0.15) is 6.10 Å². The number of hydrogen-bond donors (Lipinski definition) is 2. The van der Waals surface area contributed by atoms with E-state index in [1.807, 2.05) is 24.3 Å². The van der Waals surface area contributed by atoms with Gasteiger partial charge in [0.15, 0.2) is 0 Å². The monoisotopic (exact) mass is 356 g/mol. The van der Waals surface area contributed by atoms with Crippen LogP contribution in [0.1, 0.15) is 40.7 Å². The molecular weight excluding hydrogens is 332 g/mol. The summed E-state index contributed by atoms with van der Waals surface area (Å²) in [5, 5.41) is 23.1. The molecule has 0 bridgehead atoms. The van der Waals surface area contributed by atoms with Crippen LogP contribution in [0, 0.1) is 0 Å². The Morgan fingerprint density at radius 3 is 2.54 bits per heavy atom. The lowest BCUT2D eigenvalue weighted by molar-refractivity contribution is 0.0704. The van der Waals surface area contributed by atoms with Gasteiger partial charge in [-0.1, -0.05) is 0 Å². The maximum absolute atomic E-state index is 12.8. The van der Waals surface area contributed by atoms with Crippen molar-refractivity contribution in [3.05, 3.63) is 47.3 Å². The van der Waals surface area contributed by atoms with Crippen molar-refractivity contribution in [1.29, 1.82) is 0 Å². The first-order valence-electron chi connectivity index (χ1n) is 9.15. The smallest absolute Gasteiger partial charge is 0.254 e. The molecule has 1 saturated heterocycles. The fourth-order valence-corrected chi connectivity index (χ4v) is 3.69. The number of hydrogen-bond acceptors (Lipinski definition) is 5. The Morgan fingerprint density at radius 2 is 1.85 bits per heavy atom. The third kappa shape index (κ3) is 3.20. The zero-order chi connectivity index (χ0) is 18.1. The molecule has 138 valence electrons. The average molecular weight is 356 g/mol. The second kappa shape index (κ2) is 7.09. The molecule has 3 heterocycles. The van der Waals surface area contributed by atoms with E-state index < -0.39 is 6.10 Å². The Bertz CT molecular complexity index is 781. The van der Waals surface area contributed by atoms with Crippen LogP contribution >= 0.6 is 0 Å². The Hall–Kier alpha value is -2.38. The summed E-state index contributed by atoms with van der Waals surface area (Å²) >= 11 is 0. The standard InChI is InChI=1S/C19H24N4O3/c24-13-18(25)17-11-16-12-22(9-10-23(16)20-17)19(26)14-3-5-15(6-4-14)21-7-1-2-8-21/h3-6,11,18,24-25H,1-2,7-10,12-13H2/t18-/m0/s1. The van der Waals surface area contributed by atoms with Gasteiger partial charge in [-0.3, -0.25) is 9.48 Å². The molecule has 2 aromatic rings. The average Bonchev–Trinajstić information content (AvgIpc) is 3.36. The van der Waals surface area contributed by atoms with Gasteiger partial charge in [0.2, 0.25) is 0 Å². The van der Waals surface area contributed by atoms with Gasteiger partial charge in [-0.15, -0.1) is 0 Å². The first-order chi connectivity index (χ1) is 12.7. The Morgan fingerprint density at radius 1 is 1.12 bits per heavy atom. The highest BCUT2D eigenvalue weighted by Gasteiger charge is 2.25. The van der Waals surface area contributed by atoms with Gasteiger partial charge >= 0.3 is 0 Å². The molecule has 1 atom stereocenters. The van der Waals surface area contributed by atoms with Crippen LogP contribution < -0.4 is 4.90 Å². The lowest BCUT2D eigenvalue weighted by Gasteiger charge is -2.28. The molecule has 7 heteroatoms. The SMILES string of the molecule is O=C(c1ccc(N2CCCC2)cc1)N1CCn2nc([C@@H](O)CO)cc2C1. The van der Waals surface area contributed by atoms with E-state index in [9.17, 15) is 9.90 Å². The van der Waals surface area contributed by atoms with Crippen molar-refractivity contribution in [2.45, 2.75) is 32.0 Å². The molecular formula is C19H24N4O3.